The van der Waals surface area contributed by atoms with Crippen LogP contribution in [0, 0.1) is 24.2 Å². The van der Waals surface area contributed by atoms with Gasteiger partial charge in [0.15, 0.2) is 0 Å². The summed E-state index contributed by atoms with van der Waals surface area (Å²) in [4.78, 5) is 3.86. The fourth-order valence-corrected chi connectivity index (χ4v) is 1.51. The van der Waals surface area contributed by atoms with Crippen LogP contribution in [-0.4, -0.2) is 12.9 Å². The van der Waals surface area contributed by atoms with E-state index in [0.29, 0.717) is 5.41 Å². The predicted octanol–water partition coefficient (Wildman–Crippen LogP) is 3.62. The van der Waals surface area contributed by atoms with Crippen LogP contribution in [0.4, 0.5) is 0 Å². The van der Waals surface area contributed by atoms with E-state index >= 15 is 0 Å². The number of aliphatic imine (C=N–C) groups is 1. The topological polar surface area (TPSA) is 38.4 Å². The van der Waals surface area contributed by atoms with E-state index in [1.807, 2.05) is 0 Å². The molecule has 17 heavy (non-hydrogen) atoms. The molecule has 1 radical (unpaired) electrons. The van der Waals surface area contributed by atoms with E-state index in [1.54, 1.807) is 0 Å². The summed E-state index contributed by atoms with van der Waals surface area (Å²) in [5.74, 6) is 2.24. The molecule has 2 N–H and O–H groups in total. The Balaban J connectivity index is 0. The fourth-order valence-electron chi connectivity index (χ4n) is 1.51. The summed E-state index contributed by atoms with van der Waals surface area (Å²) in [6.45, 7) is 13.7. The Kier molecular flexibility index (Phi) is 12.3. The molecule has 1 fully saturated rings. The number of hydrogen-bond donors (Lipinski definition) is 1. The van der Waals surface area contributed by atoms with Gasteiger partial charge in [0, 0.05) is 39.3 Å². The summed E-state index contributed by atoms with van der Waals surface area (Å²) in [7, 11) is 0. The Morgan fingerprint density at radius 2 is 1.94 bits per heavy atom. The van der Waals surface area contributed by atoms with Crippen LogP contribution in [0.25, 0.3) is 0 Å². The minimum atomic E-state index is 0. The van der Waals surface area contributed by atoms with Gasteiger partial charge in [0.1, 0.15) is 0 Å². The molecule has 1 aliphatic rings. The van der Waals surface area contributed by atoms with Gasteiger partial charge in [0.2, 0.25) is 0 Å². The molecule has 0 amide bonds. The van der Waals surface area contributed by atoms with Crippen LogP contribution >= 0.6 is 0 Å². The second kappa shape index (κ2) is 10.5. The van der Waals surface area contributed by atoms with E-state index in [4.69, 9.17) is 5.73 Å². The fraction of sp³-hybridized carbons (Fsp3) is 0.786. The molecule has 0 aromatic rings. The first-order valence-electron chi connectivity index (χ1n) is 6.28. The third-order valence-corrected chi connectivity index (χ3v) is 3.31. The van der Waals surface area contributed by atoms with Gasteiger partial charge in [-0.2, -0.15) is 13.8 Å². The number of nitrogens with zero attached hydrogens (tertiary/aromatic N) is 1. The van der Waals surface area contributed by atoms with E-state index in [0.717, 1.165) is 18.9 Å². The van der Waals surface area contributed by atoms with Gasteiger partial charge in [-0.05, 0) is 12.3 Å². The van der Waals surface area contributed by atoms with Gasteiger partial charge in [-0.25, -0.2) is 0 Å². The molecule has 99 valence electrons. The van der Waals surface area contributed by atoms with Crippen LogP contribution in [0.15, 0.2) is 4.99 Å². The smallest absolute Gasteiger partial charge is 0.0797 e. The molecule has 0 aliphatic heterocycles. The Hall–Kier alpha value is 0.574. The molecule has 0 bridgehead atoms. The van der Waals surface area contributed by atoms with Crippen molar-refractivity contribution in [3.8, 4) is 0 Å². The molecular weight excluding hydrogens is 285 g/mol. The van der Waals surface area contributed by atoms with Crippen molar-refractivity contribution in [3.63, 3.8) is 0 Å². The zero-order valence-electron chi connectivity index (χ0n) is 12.0. The van der Waals surface area contributed by atoms with E-state index in [9.17, 15) is 0 Å². The molecule has 1 aliphatic carbocycles. The summed E-state index contributed by atoms with van der Waals surface area (Å²) in [6, 6.07) is 0. The molecule has 2 nitrogen and oxygen atoms in total. The van der Waals surface area contributed by atoms with Crippen molar-refractivity contribution in [2.24, 2.45) is 22.1 Å². The maximum atomic E-state index is 5.02. The average molecular weight is 313 g/mol. The van der Waals surface area contributed by atoms with Crippen LogP contribution in [0.2, 0.25) is 0 Å². The van der Waals surface area contributed by atoms with Crippen molar-refractivity contribution in [2.45, 2.75) is 53.4 Å². The van der Waals surface area contributed by atoms with Crippen LogP contribution in [0.1, 0.15) is 53.4 Å². The first-order valence-corrected chi connectivity index (χ1v) is 6.28. The molecule has 0 aromatic carbocycles. The van der Waals surface area contributed by atoms with E-state index in [-0.39, 0.29) is 32.7 Å². The van der Waals surface area contributed by atoms with Crippen LogP contribution in [0.3, 0.4) is 0 Å². The number of hydrogen-bond acceptors (Lipinski definition) is 1. The number of rotatable bonds is 4. The molecule has 1 saturated carbocycles. The SMILES string of the molecule is CC(C)CCN=CN.[CH2-]C1([C-](C)C)CCC1.[Y]. The Morgan fingerprint density at radius 3 is 2.12 bits per heavy atom. The van der Waals surface area contributed by atoms with Gasteiger partial charge in [0.05, 0.1) is 6.34 Å². The van der Waals surface area contributed by atoms with Crippen molar-refractivity contribution in [2.75, 3.05) is 6.54 Å². The van der Waals surface area contributed by atoms with Crippen molar-refractivity contribution >= 4 is 6.34 Å². The minimum Gasteiger partial charge on any atom is -0.390 e. The van der Waals surface area contributed by atoms with Gasteiger partial charge in [-0.1, -0.05) is 20.3 Å². The van der Waals surface area contributed by atoms with E-state index in [2.05, 4.69) is 39.6 Å². The first kappa shape index (κ1) is 19.9. The van der Waals surface area contributed by atoms with Gasteiger partial charge < -0.3 is 18.6 Å². The van der Waals surface area contributed by atoms with Crippen molar-refractivity contribution < 1.29 is 32.7 Å². The first-order chi connectivity index (χ1) is 7.42. The zero-order chi connectivity index (χ0) is 12.6. The van der Waals surface area contributed by atoms with Crippen LogP contribution < -0.4 is 5.73 Å². The normalized spacial score (nSPS) is 17.4. The van der Waals surface area contributed by atoms with Crippen molar-refractivity contribution in [3.05, 3.63) is 12.8 Å². The molecule has 0 atom stereocenters. The molecule has 0 heterocycles. The van der Waals surface area contributed by atoms with Gasteiger partial charge in [-0.15, -0.1) is 12.8 Å². The van der Waals surface area contributed by atoms with Gasteiger partial charge in [0.25, 0.3) is 0 Å². The second-order valence-corrected chi connectivity index (χ2v) is 5.37. The van der Waals surface area contributed by atoms with Crippen LogP contribution in [0.5, 0.6) is 0 Å². The standard InChI is InChI=1S/C8H14.C6H14N2.Y/c1-7(2)8(3)5-4-6-8;1-6(2)3-4-8-5-7;/h3-6H2,1-2H3;5-6H,3-4H2,1-2H3,(H2,7,8);/q-2;;. The second-order valence-electron chi connectivity index (χ2n) is 5.37. The maximum Gasteiger partial charge on any atom is 0.0797 e. The van der Waals surface area contributed by atoms with Crippen molar-refractivity contribution in [1.82, 2.24) is 0 Å². The van der Waals surface area contributed by atoms with Gasteiger partial charge in [-0.3, -0.25) is 10.4 Å². The quantitative estimate of drug-likeness (QED) is 0.480. The summed E-state index contributed by atoms with van der Waals surface area (Å²) in [6.07, 6.45) is 6.51. The summed E-state index contributed by atoms with van der Waals surface area (Å²) in [5, 5.41) is 0. The third kappa shape index (κ3) is 9.19. The molecular formula is C14H28N2Y-2. The predicted molar refractivity (Wildman–Crippen MR) is 73.2 cm³/mol. The van der Waals surface area contributed by atoms with Crippen molar-refractivity contribution in [1.29, 1.82) is 0 Å². The van der Waals surface area contributed by atoms with E-state index in [1.165, 1.54) is 31.5 Å². The zero-order valence-corrected chi connectivity index (χ0v) is 14.8. The Labute approximate surface area is 133 Å². The molecule has 3 heteroatoms. The maximum absolute atomic E-state index is 5.02. The Bertz CT molecular complexity index is 196. The molecule has 0 aromatic heterocycles. The summed E-state index contributed by atoms with van der Waals surface area (Å²) >= 11 is 0. The monoisotopic (exact) mass is 313 g/mol. The van der Waals surface area contributed by atoms with Gasteiger partial charge >= 0.3 is 0 Å². The summed E-state index contributed by atoms with van der Waals surface area (Å²) < 4.78 is 0. The molecule has 0 spiro atoms. The average Bonchev–Trinajstić information content (AvgIpc) is 2.15. The molecule has 0 unspecified atom stereocenters. The number of nitrogens with two attached hydrogens (primary N) is 1. The molecule has 1 rings (SSSR count). The Morgan fingerprint density at radius 1 is 1.41 bits per heavy atom. The van der Waals surface area contributed by atoms with Crippen LogP contribution in [-0.2, 0) is 32.7 Å². The van der Waals surface area contributed by atoms with E-state index < -0.39 is 0 Å². The third-order valence-electron chi connectivity index (χ3n) is 3.31. The largest absolute Gasteiger partial charge is 0.390 e. The minimum absolute atomic E-state index is 0. The summed E-state index contributed by atoms with van der Waals surface area (Å²) in [5.41, 5.74) is 5.41. The molecule has 0 saturated heterocycles.